The maximum absolute atomic E-state index is 2.46. The van der Waals surface area contributed by atoms with Gasteiger partial charge in [-0.3, -0.25) is 0 Å². The van der Waals surface area contributed by atoms with Crippen LogP contribution in [0.3, 0.4) is 0 Å². The molecule has 0 nitrogen and oxygen atoms in total. The van der Waals surface area contributed by atoms with Gasteiger partial charge in [-0.1, -0.05) is 0 Å². The van der Waals surface area contributed by atoms with Gasteiger partial charge in [0.25, 0.3) is 0 Å². The normalized spacial score (nSPS) is 11.9. The van der Waals surface area contributed by atoms with Crippen molar-refractivity contribution in [1.82, 2.24) is 0 Å². The van der Waals surface area contributed by atoms with Gasteiger partial charge < -0.3 is 0 Å². The molecule has 2 rings (SSSR count). The molecule has 2 aromatic carbocycles. The van der Waals surface area contributed by atoms with E-state index in [4.69, 9.17) is 0 Å². The molecule has 0 saturated heterocycles. The number of fused-ring (bicyclic) bond motifs is 1. The van der Waals surface area contributed by atoms with Crippen LogP contribution in [0.15, 0.2) is 42.5 Å². The molecule has 0 amide bonds. The van der Waals surface area contributed by atoms with Gasteiger partial charge in [-0.15, -0.1) is 0 Å². The topological polar surface area (TPSA) is 0 Å². The Balaban J connectivity index is 2.63. The molecule has 14 heavy (non-hydrogen) atoms. The van der Waals surface area contributed by atoms with Gasteiger partial charge in [-0.2, -0.15) is 0 Å². The van der Waals surface area contributed by atoms with E-state index < -0.39 is 18.4 Å². The Morgan fingerprint density at radius 2 is 1.43 bits per heavy atom. The molecule has 0 saturated carbocycles. The van der Waals surface area contributed by atoms with E-state index in [0.29, 0.717) is 0 Å². The molecule has 0 bridgehead atoms. The van der Waals surface area contributed by atoms with Crippen molar-refractivity contribution >= 4 is 32.7 Å². The number of hydrogen-bond acceptors (Lipinski definition) is 0. The standard InChI is InChI=1S/C10H7.3CH3.Sn/c1-2-6-10-8-4-3-7-9(10)5-1;;;;/h1-3,5-8H;3*1H3;. The molecular formula is C13H16Sn. The Hall–Kier alpha value is -0.501. The van der Waals surface area contributed by atoms with E-state index in [9.17, 15) is 0 Å². The molecular weight excluding hydrogens is 275 g/mol. The maximum atomic E-state index is 2.46. The molecule has 1 heteroatoms. The number of hydrogen-bond donors (Lipinski definition) is 0. The monoisotopic (exact) mass is 292 g/mol. The summed E-state index contributed by atoms with van der Waals surface area (Å²) in [5.41, 5.74) is 0. The van der Waals surface area contributed by atoms with Gasteiger partial charge in [0.05, 0.1) is 0 Å². The predicted octanol–water partition coefficient (Wildman–Crippen LogP) is 3.39. The molecule has 0 aliphatic carbocycles. The van der Waals surface area contributed by atoms with Crippen LogP contribution in [0.4, 0.5) is 0 Å². The summed E-state index contributed by atoms with van der Waals surface area (Å²) in [5.74, 6) is 0. The molecule has 0 heterocycles. The van der Waals surface area contributed by atoms with Crippen LogP contribution in [0, 0.1) is 0 Å². The Morgan fingerprint density at radius 1 is 0.786 bits per heavy atom. The SMILES string of the molecule is [CH3][Sn]([CH3])([CH3])[c]1ccc2ccccc2c1. The van der Waals surface area contributed by atoms with Gasteiger partial charge in [0.2, 0.25) is 0 Å². The predicted molar refractivity (Wildman–Crippen MR) is 66.9 cm³/mol. The number of benzene rings is 2. The molecule has 0 spiro atoms. The van der Waals surface area contributed by atoms with Crippen LogP contribution in [-0.2, 0) is 0 Å². The van der Waals surface area contributed by atoms with E-state index in [1.54, 1.807) is 3.58 Å². The first-order chi connectivity index (χ1) is 6.57. The third-order valence-electron chi connectivity index (χ3n) is 2.62. The summed E-state index contributed by atoms with van der Waals surface area (Å²) in [5, 5.41) is 2.74. The molecule has 0 radical (unpaired) electrons. The van der Waals surface area contributed by atoms with Crippen LogP contribution in [0.2, 0.25) is 14.8 Å². The zero-order valence-electron chi connectivity index (χ0n) is 9.04. The first-order valence-corrected chi connectivity index (χ1v) is 15.1. The van der Waals surface area contributed by atoms with E-state index in [2.05, 4.69) is 57.3 Å². The average molecular weight is 291 g/mol. The van der Waals surface area contributed by atoms with Crippen molar-refractivity contribution in [2.24, 2.45) is 0 Å². The van der Waals surface area contributed by atoms with Crippen LogP contribution in [-0.4, -0.2) is 18.4 Å². The summed E-state index contributed by atoms with van der Waals surface area (Å²) in [7, 11) is 0. The molecule has 72 valence electrons. The van der Waals surface area contributed by atoms with Crippen LogP contribution >= 0.6 is 0 Å². The fraction of sp³-hybridized carbons (Fsp3) is 0.231. The minimum absolute atomic E-state index is 1.35. The Kier molecular flexibility index (Phi) is 2.56. The van der Waals surface area contributed by atoms with Crippen LogP contribution in [0.5, 0.6) is 0 Å². The summed E-state index contributed by atoms with van der Waals surface area (Å²) < 4.78 is 1.61. The van der Waals surface area contributed by atoms with Gasteiger partial charge in [-0.05, 0) is 0 Å². The van der Waals surface area contributed by atoms with Crippen molar-refractivity contribution in [3.8, 4) is 0 Å². The van der Waals surface area contributed by atoms with E-state index in [0.717, 1.165) is 0 Å². The molecule has 0 N–H and O–H groups in total. The first kappa shape index (κ1) is 10.0. The van der Waals surface area contributed by atoms with Gasteiger partial charge in [0.1, 0.15) is 0 Å². The average Bonchev–Trinajstić information content (AvgIpc) is 2.16. The van der Waals surface area contributed by atoms with Crippen LogP contribution in [0.25, 0.3) is 10.8 Å². The van der Waals surface area contributed by atoms with Crippen molar-refractivity contribution < 1.29 is 0 Å². The zero-order chi connectivity index (χ0) is 10.2. The van der Waals surface area contributed by atoms with Crippen LogP contribution in [0.1, 0.15) is 0 Å². The molecule has 0 fully saturated rings. The van der Waals surface area contributed by atoms with Crippen molar-refractivity contribution in [2.45, 2.75) is 14.8 Å². The van der Waals surface area contributed by atoms with E-state index in [1.807, 2.05) is 0 Å². The van der Waals surface area contributed by atoms with Gasteiger partial charge in [-0.25, -0.2) is 0 Å². The van der Waals surface area contributed by atoms with E-state index >= 15 is 0 Å². The molecule has 0 unspecified atom stereocenters. The van der Waals surface area contributed by atoms with Gasteiger partial charge >= 0.3 is 90.0 Å². The fourth-order valence-corrected chi connectivity index (χ4v) is 5.00. The summed E-state index contributed by atoms with van der Waals surface area (Å²) in [6.45, 7) is 0. The zero-order valence-corrected chi connectivity index (χ0v) is 11.9. The minimum atomic E-state index is -1.86. The summed E-state index contributed by atoms with van der Waals surface area (Å²) in [6.07, 6.45) is 0. The first-order valence-electron chi connectivity index (χ1n) is 5.07. The third kappa shape index (κ3) is 1.95. The summed E-state index contributed by atoms with van der Waals surface area (Å²) in [4.78, 5) is 7.37. The Morgan fingerprint density at radius 3 is 2.07 bits per heavy atom. The summed E-state index contributed by atoms with van der Waals surface area (Å²) in [6, 6.07) is 15.6. The molecule has 0 aliphatic heterocycles. The molecule has 2 aromatic rings. The summed E-state index contributed by atoms with van der Waals surface area (Å²) >= 11 is -1.86. The Labute approximate surface area is 89.8 Å². The quantitative estimate of drug-likeness (QED) is 0.707. The van der Waals surface area contributed by atoms with Crippen molar-refractivity contribution in [3.05, 3.63) is 42.5 Å². The van der Waals surface area contributed by atoms with E-state index in [1.165, 1.54) is 10.8 Å². The second kappa shape index (κ2) is 3.58. The molecule has 0 aliphatic rings. The van der Waals surface area contributed by atoms with Crippen molar-refractivity contribution in [3.63, 3.8) is 0 Å². The Bertz CT molecular complexity index is 452. The van der Waals surface area contributed by atoms with Crippen LogP contribution < -0.4 is 3.58 Å². The van der Waals surface area contributed by atoms with Crippen molar-refractivity contribution in [1.29, 1.82) is 0 Å². The van der Waals surface area contributed by atoms with E-state index in [-0.39, 0.29) is 0 Å². The van der Waals surface area contributed by atoms with Gasteiger partial charge in [0.15, 0.2) is 0 Å². The second-order valence-corrected chi connectivity index (χ2v) is 19.3. The number of rotatable bonds is 1. The molecule has 0 aromatic heterocycles. The van der Waals surface area contributed by atoms with Crippen molar-refractivity contribution in [2.75, 3.05) is 0 Å². The second-order valence-electron chi connectivity index (χ2n) is 4.81. The fourth-order valence-electron chi connectivity index (χ4n) is 1.66. The third-order valence-corrected chi connectivity index (χ3v) is 8.45. The van der Waals surface area contributed by atoms with Gasteiger partial charge in [0, 0.05) is 0 Å². The molecule has 0 atom stereocenters.